The van der Waals surface area contributed by atoms with Crippen molar-refractivity contribution < 1.29 is 33.4 Å². The van der Waals surface area contributed by atoms with Gasteiger partial charge in [0.25, 0.3) is 11.8 Å². The SMILES string of the molecule is C=CCc1cc(/C=C2\C(=O)NC(=O)N(c3ccc(C)cc3)C2=O)cc(OC)c1OCC(=O)OC. The van der Waals surface area contributed by atoms with E-state index in [2.05, 4.69) is 16.6 Å². The molecule has 0 aliphatic carbocycles. The van der Waals surface area contributed by atoms with E-state index >= 15 is 0 Å². The number of methoxy groups -OCH3 is 2. The summed E-state index contributed by atoms with van der Waals surface area (Å²) in [5.74, 6) is -1.54. The second-order valence-corrected chi connectivity index (χ2v) is 7.36. The lowest BCUT2D eigenvalue weighted by atomic mass is 10.0. The van der Waals surface area contributed by atoms with Gasteiger partial charge >= 0.3 is 12.0 Å². The van der Waals surface area contributed by atoms with Gasteiger partial charge in [0, 0.05) is 5.56 Å². The maximum atomic E-state index is 13.1. The number of ether oxygens (including phenoxy) is 3. The number of esters is 1. The van der Waals surface area contributed by atoms with E-state index in [1.54, 1.807) is 42.5 Å². The van der Waals surface area contributed by atoms with E-state index in [-0.39, 0.29) is 17.9 Å². The van der Waals surface area contributed by atoms with E-state index in [4.69, 9.17) is 9.47 Å². The molecule has 0 aromatic heterocycles. The predicted molar refractivity (Wildman–Crippen MR) is 125 cm³/mol. The molecule has 176 valence electrons. The third-order valence-electron chi connectivity index (χ3n) is 5.01. The standard InChI is InChI=1S/C25H24N2O7/c1-5-6-17-11-16(13-20(32-3)22(17)34-14-21(28)33-4)12-19-23(29)26-25(31)27(24(19)30)18-9-7-15(2)8-10-18/h5,7-13H,1,6,14H2,2-4H3,(H,26,29,31)/b19-12+. The van der Waals surface area contributed by atoms with Gasteiger partial charge in [0.2, 0.25) is 0 Å². The van der Waals surface area contributed by atoms with Crippen molar-refractivity contribution in [2.75, 3.05) is 25.7 Å². The fourth-order valence-electron chi connectivity index (χ4n) is 3.33. The van der Waals surface area contributed by atoms with Crippen LogP contribution < -0.4 is 19.7 Å². The van der Waals surface area contributed by atoms with Gasteiger partial charge in [0.1, 0.15) is 5.57 Å². The minimum atomic E-state index is -0.826. The van der Waals surface area contributed by atoms with Crippen LogP contribution in [-0.4, -0.2) is 44.6 Å². The van der Waals surface area contributed by atoms with Crippen molar-refractivity contribution in [1.82, 2.24) is 5.32 Å². The number of aryl methyl sites for hydroxylation is 1. The Kier molecular flexibility index (Phi) is 7.47. The van der Waals surface area contributed by atoms with E-state index in [1.807, 2.05) is 6.92 Å². The maximum Gasteiger partial charge on any atom is 0.343 e. The third-order valence-corrected chi connectivity index (χ3v) is 5.01. The van der Waals surface area contributed by atoms with Crippen molar-refractivity contribution >= 4 is 35.6 Å². The number of anilines is 1. The molecule has 2 aromatic carbocycles. The molecule has 34 heavy (non-hydrogen) atoms. The molecule has 0 unspecified atom stereocenters. The van der Waals surface area contributed by atoms with Crippen molar-refractivity contribution in [2.45, 2.75) is 13.3 Å². The number of carbonyl (C=O) groups excluding carboxylic acids is 4. The summed E-state index contributed by atoms with van der Waals surface area (Å²) < 4.78 is 15.6. The topological polar surface area (TPSA) is 111 Å². The zero-order chi connectivity index (χ0) is 24.8. The minimum Gasteiger partial charge on any atom is -0.493 e. The van der Waals surface area contributed by atoms with Crippen molar-refractivity contribution in [3.63, 3.8) is 0 Å². The number of allylic oxidation sites excluding steroid dienone is 1. The van der Waals surface area contributed by atoms with Crippen LogP contribution in [0.25, 0.3) is 6.08 Å². The van der Waals surface area contributed by atoms with Gasteiger partial charge in [-0.2, -0.15) is 0 Å². The first-order chi connectivity index (χ1) is 16.3. The fourth-order valence-corrected chi connectivity index (χ4v) is 3.33. The van der Waals surface area contributed by atoms with Crippen molar-refractivity contribution in [1.29, 1.82) is 0 Å². The van der Waals surface area contributed by atoms with Gasteiger partial charge in [-0.05, 0) is 49.2 Å². The van der Waals surface area contributed by atoms with Gasteiger partial charge < -0.3 is 14.2 Å². The van der Waals surface area contributed by atoms with Gasteiger partial charge in [0.05, 0.1) is 19.9 Å². The average Bonchev–Trinajstić information content (AvgIpc) is 2.81. The van der Waals surface area contributed by atoms with Crippen LogP contribution in [0.3, 0.4) is 0 Å². The minimum absolute atomic E-state index is 0.227. The zero-order valence-corrected chi connectivity index (χ0v) is 19.0. The largest absolute Gasteiger partial charge is 0.493 e. The summed E-state index contributed by atoms with van der Waals surface area (Å²) in [6, 6.07) is 9.17. The number of amides is 4. The number of hydrogen-bond acceptors (Lipinski definition) is 7. The number of nitrogens with one attached hydrogen (secondary N) is 1. The number of urea groups is 1. The average molecular weight is 464 g/mol. The van der Waals surface area contributed by atoms with E-state index in [1.165, 1.54) is 20.3 Å². The summed E-state index contributed by atoms with van der Waals surface area (Å²) in [6.45, 7) is 5.28. The Morgan fingerprint density at radius 2 is 1.82 bits per heavy atom. The Labute approximate surface area is 196 Å². The molecular weight excluding hydrogens is 440 g/mol. The first kappa shape index (κ1) is 24.2. The molecule has 0 spiro atoms. The molecule has 0 radical (unpaired) electrons. The van der Waals surface area contributed by atoms with Crippen LogP contribution in [0.5, 0.6) is 11.5 Å². The van der Waals surface area contributed by atoms with E-state index in [9.17, 15) is 19.2 Å². The van der Waals surface area contributed by atoms with Crippen LogP contribution in [0.4, 0.5) is 10.5 Å². The lowest BCUT2D eigenvalue weighted by molar-refractivity contribution is -0.143. The van der Waals surface area contributed by atoms with Crippen molar-refractivity contribution in [2.24, 2.45) is 0 Å². The highest BCUT2D eigenvalue weighted by Gasteiger charge is 2.36. The van der Waals surface area contributed by atoms with Gasteiger partial charge in [-0.3, -0.25) is 14.9 Å². The monoisotopic (exact) mass is 464 g/mol. The zero-order valence-electron chi connectivity index (χ0n) is 19.0. The summed E-state index contributed by atoms with van der Waals surface area (Å²) in [5, 5.41) is 2.20. The number of barbiturate groups is 1. The number of imide groups is 2. The van der Waals surface area contributed by atoms with Crippen LogP contribution in [0.15, 0.2) is 54.6 Å². The van der Waals surface area contributed by atoms with Gasteiger partial charge in [-0.25, -0.2) is 14.5 Å². The molecule has 2 aromatic rings. The Balaban J connectivity index is 2.03. The van der Waals surface area contributed by atoms with E-state index in [0.29, 0.717) is 29.0 Å². The predicted octanol–water partition coefficient (Wildman–Crippen LogP) is 2.95. The second-order valence-electron chi connectivity index (χ2n) is 7.36. The van der Waals surface area contributed by atoms with Gasteiger partial charge in [-0.15, -0.1) is 6.58 Å². The van der Waals surface area contributed by atoms with Gasteiger partial charge in [0.15, 0.2) is 18.1 Å². The normalized spacial score (nSPS) is 14.6. The molecule has 1 saturated heterocycles. The highest BCUT2D eigenvalue weighted by molar-refractivity contribution is 6.39. The van der Waals surface area contributed by atoms with Crippen LogP contribution in [0, 0.1) is 6.92 Å². The lowest BCUT2D eigenvalue weighted by Crippen LogP contribution is -2.54. The maximum absolute atomic E-state index is 13.1. The third kappa shape index (κ3) is 5.15. The molecule has 0 saturated carbocycles. The Hall–Kier alpha value is -4.40. The molecule has 0 atom stereocenters. The molecule has 0 bridgehead atoms. The molecule has 9 nitrogen and oxygen atoms in total. The molecule has 1 aliphatic heterocycles. The summed E-state index contributed by atoms with van der Waals surface area (Å²) in [4.78, 5) is 50.5. The highest BCUT2D eigenvalue weighted by atomic mass is 16.6. The van der Waals surface area contributed by atoms with Gasteiger partial charge in [-0.1, -0.05) is 23.8 Å². The molecule has 1 heterocycles. The van der Waals surface area contributed by atoms with Crippen molar-refractivity contribution in [3.8, 4) is 11.5 Å². The number of nitrogens with zero attached hydrogens (tertiary/aromatic N) is 1. The quantitative estimate of drug-likeness (QED) is 0.277. The number of rotatable bonds is 8. The summed E-state index contributed by atoms with van der Waals surface area (Å²) in [5.41, 5.74) is 2.13. The summed E-state index contributed by atoms with van der Waals surface area (Å²) in [6.07, 6.45) is 3.36. The molecular formula is C25H24N2O7. The van der Waals surface area contributed by atoms with Crippen LogP contribution >= 0.6 is 0 Å². The number of hydrogen-bond donors (Lipinski definition) is 1. The smallest absolute Gasteiger partial charge is 0.343 e. The molecule has 4 amide bonds. The number of carbonyl (C=O) groups is 4. The van der Waals surface area contributed by atoms with Crippen LogP contribution in [-0.2, 0) is 25.5 Å². The summed E-state index contributed by atoms with van der Waals surface area (Å²) in [7, 11) is 2.67. The Morgan fingerprint density at radius 1 is 1.12 bits per heavy atom. The number of benzene rings is 2. The first-order valence-electron chi connectivity index (χ1n) is 10.3. The van der Waals surface area contributed by atoms with Crippen LogP contribution in [0.1, 0.15) is 16.7 Å². The Bertz CT molecular complexity index is 1180. The lowest BCUT2D eigenvalue weighted by Gasteiger charge is -2.26. The second kappa shape index (κ2) is 10.5. The summed E-state index contributed by atoms with van der Waals surface area (Å²) >= 11 is 0. The fraction of sp³-hybridized carbons (Fsp3) is 0.200. The van der Waals surface area contributed by atoms with Crippen molar-refractivity contribution in [3.05, 3.63) is 71.3 Å². The molecule has 1 aliphatic rings. The molecule has 3 rings (SSSR count). The van der Waals surface area contributed by atoms with Crippen LogP contribution in [0.2, 0.25) is 0 Å². The van der Waals surface area contributed by atoms with E-state index in [0.717, 1.165) is 10.5 Å². The highest BCUT2D eigenvalue weighted by Crippen LogP contribution is 2.35. The van der Waals surface area contributed by atoms with E-state index < -0.39 is 23.8 Å². The Morgan fingerprint density at radius 3 is 2.44 bits per heavy atom. The molecule has 9 heteroatoms. The molecule has 1 fully saturated rings. The molecule has 1 N–H and O–H groups in total. The first-order valence-corrected chi connectivity index (χ1v) is 10.3.